The molecule has 0 aliphatic rings. The van der Waals surface area contributed by atoms with Crippen molar-refractivity contribution < 1.29 is 4.79 Å². The standard InChI is InChI=1S/C22H24BrN3O2S/c1-2-13-26-21(28)18-14-17(23)10-11-19(18)25-22(26)29-15-20(27)24-12-6-9-16-7-4-3-5-8-16/h3-5,7-8,10-11,14H,2,6,9,12-13,15H2,1H3,(H,24,27). The summed E-state index contributed by atoms with van der Waals surface area (Å²) in [7, 11) is 0. The Morgan fingerprint density at radius 2 is 2.00 bits per heavy atom. The highest BCUT2D eigenvalue weighted by molar-refractivity contribution is 9.10. The highest BCUT2D eigenvalue weighted by atomic mass is 79.9. The van der Waals surface area contributed by atoms with Gasteiger partial charge in [-0.2, -0.15) is 0 Å². The molecule has 0 unspecified atom stereocenters. The van der Waals surface area contributed by atoms with E-state index in [1.165, 1.54) is 17.3 Å². The Hall–Kier alpha value is -2.12. The van der Waals surface area contributed by atoms with Crippen LogP contribution < -0.4 is 10.9 Å². The second kappa shape index (κ2) is 10.6. The minimum absolute atomic E-state index is 0.0451. The van der Waals surface area contributed by atoms with Gasteiger partial charge >= 0.3 is 0 Å². The smallest absolute Gasteiger partial charge is 0.262 e. The first kappa shape index (κ1) is 21.6. The van der Waals surface area contributed by atoms with Gasteiger partial charge in [-0.3, -0.25) is 14.2 Å². The molecule has 0 saturated carbocycles. The number of nitrogens with zero attached hydrogens (tertiary/aromatic N) is 2. The number of rotatable bonds is 9. The Balaban J connectivity index is 1.60. The molecule has 2 aromatic carbocycles. The van der Waals surface area contributed by atoms with E-state index >= 15 is 0 Å². The third-order valence-corrected chi connectivity index (χ3v) is 5.94. The molecule has 7 heteroatoms. The van der Waals surface area contributed by atoms with Crippen LogP contribution in [0, 0.1) is 0 Å². The zero-order valence-corrected chi connectivity index (χ0v) is 18.8. The molecular formula is C22H24BrN3O2S. The molecule has 152 valence electrons. The Morgan fingerprint density at radius 3 is 2.76 bits per heavy atom. The normalized spacial score (nSPS) is 11.0. The van der Waals surface area contributed by atoms with Crippen molar-refractivity contribution >= 4 is 44.5 Å². The highest BCUT2D eigenvalue weighted by Gasteiger charge is 2.13. The molecule has 1 N–H and O–H groups in total. The van der Waals surface area contributed by atoms with Crippen LogP contribution in [0.3, 0.4) is 0 Å². The highest BCUT2D eigenvalue weighted by Crippen LogP contribution is 2.20. The summed E-state index contributed by atoms with van der Waals surface area (Å²) in [4.78, 5) is 29.7. The molecule has 1 aromatic heterocycles. The molecule has 29 heavy (non-hydrogen) atoms. The molecule has 3 aromatic rings. The van der Waals surface area contributed by atoms with E-state index in [9.17, 15) is 9.59 Å². The number of carbonyl (C=O) groups is 1. The predicted octanol–water partition coefficient (Wildman–Crippen LogP) is 4.41. The van der Waals surface area contributed by atoms with Crippen LogP contribution in [0.5, 0.6) is 0 Å². The van der Waals surface area contributed by atoms with Crippen LogP contribution in [-0.4, -0.2) is 27.8 Å². The minimum Gasteiger partial charge on any atom is -0.355 e. The van der Waals surface area contributed by atoms with Crippen LogP contribution in [0.2, 0.25) is 0 Å². The van der Waals surface area contributed by atoms with Crippen molar-refractivity contribution in [2.75, 3.05) is 12.3 Å². The lowest BCUT2D eigenvalue weighted by Gasteiger charge is -2.12. The van der Waals surface area contributed by atoms with Crippen LogP contribution in [0.4, 0.5) is 0 Å². The summed E-state index contributed by atoms with van der Waals surface area (Å²) in [5.41, 5.74) is 1.85. The molecule has 0 spiro atoms. The number of carbonyl (C=O) groups excluding carboxylic acids is 1. The molecule has 1 heterocycles. The van der Waals surface area contributed by atoms with Gasteiger partial charge in [-0.05, 0) is 43.0 Å². The van der Waals surface area contributed by atoms with Crippen molar-refractivity contribution in [1.82, 2.24) is 14.9 Å². The van der Waals surface area contributed by atoms with E-state index in [2.05, 4.69) is 38.4 Å². The number of aryl methyl sites for hydroxylation is 1. The Labute approximate surface area is 183 Å². The Kier molecular flexibility index (Phi) is 7.89. The van der Waals surface area contributed by atoms with Crippen LogP contribution in [0.1, 0.15) is 25.3 Å². The van der Waals surface area contributed by atoms with E-state index in [0.29, 0.717) is 29.1 Å². The molecule has 1 amide bonds. The van der Waals surface area contributed by atoms with Crippen molar-refractivity contribution in [3.63, 3.8) is 0 Å². The van der Waals surface area contributed by atoms with Crippen molar-refractivity contribution in [2.45, 2.75) is 37.9 Å². The maximum absolute atomic E-state index is 12.9. The van der Waals surface area contributed by atoms with Crippen LogP contribution in [0.25, 0.3) is 10.9 Å². The minimum atomic E-state index is -0.0658. The third-order valence-electron chi connectivity index (χ3n) is 4.47. The van der Waals surface area contributed by atoms with Crippen molar-refractivity contribution in [3.8, 4) is 0 Å². The molecular weight excluding hydrogens is 450 g/mol. The zero-order chi connectivity index (χ0) is 20.6. The summed E-state index contributed by atoms with van der Waals surface area (Å²) in [6.45, 7) is 3.23. The molecule has 5 nitrogen and oxygen atoms in total. The fraction of sp³-hybridized carbons (Fsp3) is 0.318. The van der Waals surface area contributed by atoms with Crippen LogP contribution in [0.15, 0.2) is 63.0 Å². The molecule has 0 aliphatic heterocycles. The Bertz CT molecular complexity index is 1040. The van der Waals surface area contributed by atoms with Gasteiger partial charge in [0.1, 0.15) is 0 Å². The molecule has 0 atom stereocenters. The van der Waals surface area contributed by atoms with Crippen LogP contribution in [-0.2, 0) is 17.8 Å². The largest absolute Gasteiger partial charge is 0.355 e. The first-order valence-electron chi connectivity index (χ1n) is 9.72. The number of benzene rings is 2. The number of aromatic nitrogens is 2. The van der Waals surface area contributed by atoms with Gasteiger partial charge in [0.25, 0.3) is 5.56 Å². The lowest BCUT2D eigenvalue weighted by atomic mass is 10.1. The maximum atomic E-state index is 12.9. The van der Waals surface area contributed by atoms with Gasteiger partial charge in [-0.25, -0.2) is 4.98 Å². The van der Waals surface area contributed by atoms with E-state index < -0.39 is 0 Å². The number of fused-ring (bicyclic) bond motifs is 1. The van der Waals surface area contributed by atoms with Gasteiger partial charge in [-0.1, -0.05) is 64.9 Å². The second-order valence-corrected chi connectivity index (χ2v) is 8.60. The molecule has 0 radical (unpaired) electrons. The van der Waals surface area contributed by atoms with Crippen molar-refractivity contribution in [2.24, 2.45) is 0 Å². The fourth-order valence-corrected chi connectivity index (χ4v) is 4.27. The van der Waals surface area contributed by atoms with Gasteiger partial charge in [0, 0.05) is 17.6 Å². The quantitative estimate of drug-likeness (QED) is 0.284. The van der Waals surface area contributed by atoms with Gasteiger partial charge < -0.3 is 5.32 Å². The molecule has 0 bridgehead atoms. The average molecular weight is 474 g/mol. The van der Waals surface area contributed by atoms with E-state index in [0.717, 1.165) is 23.7 Å². The van der Waals surface area contributed by atoms with Gasteiger partial charge in [0.2, 0.25) is 5.91 Å². The maximum Gasteiger partial charge on any atom is 0.262 e. The number of thioether (sulfide) groups is 1. The summed E-state index contributed by atoms with van der Waals surface area (Å²) in [5.74, 6) is 0.194. The van der Waals surface area contributed by atoms with E-state index in [4.69, 9.17) is 0 Å². The Morgan fingerprint density at radius 1 is 1.21 bits per heavy atom. The number of amides is 1. The molecule has 0 saturated heterocycles. The summed E-state index contributed by atoms with van der Waals surface area (Å²) >= 11 is 4.72. The van der Waals surface area contributed by atoms with E-state index in [-0.39, 0.29) is 17.2 Å². The van der Waals surface area contributed by atoms with Crippen molar-refractivity contribution in [1.29, 1.82) is 0 Å². The lowest BCUT2D eigenvalue weighted by molar-refractivity contribution is -0.118. The third kappa shape index (κ3) is 5.93. The number of halogens is 1. The SMILES string of the molecule is CCCn1c(SCC(=O)NCCCc2ccccc2)nc2ccc(Br)cc2c1=O. The average Bonchev–Trinajstić information content (AvgIpc) is 2.73. The lowest BCUT2D eigenvalue weighted by Crippen LogP contribution is -2.28. The summed E-state index contributed by atoms with van der Waals surface area (Å²) in [6, 6.07) is 15.7. The first-order valence-corrected chi connectivity index (χ1v) is 11.5. The van der Waals surface area contributed by atoms with Gasteiger partial charge in [0.15, 0.2) is 5.16 Å². The number of hydrogen-bond acceptors (Lipinski definition) is 4. The number of hydrogen-bond donors (Lipinski definition) is 1. The van der Waals surface area contributed by atoms with Crippen molar-refractivity contribution in [3.05, 3.63) is 68.9 Å². The first-order chi connectivity index (χ1) is 14.1. The topological polar surface area (TPSA) is 64.0 Å². The number of nitrogens with one attached hydrogen (secondary N) is 1. The van der Waals surface area contributed by atoms with Crippen LogP contribution >= 0.6 is 27.7 Å². The summed E-state index contributed by atoms with van der Waals surface area (Å²) in [6.07, 6.45) is 2.65. The fourth-order valence-electron chi connectivity index (χ4n) is 3.05. The monoisotopic (exact) mass is 473 g/mol. The zero-order valence-electron chi connectivity index (χ0n) is 16.4. The van der Waals surface area contributed by atoms with Gasteiger partial charge in [0.05, 0.1) is 16.7 Å². The molecule has 0 fully saturated rings. The predicted molar refractivity (Wildman–Crippen MR) is 122 cm³/mol. The van der Waals surface area contributed by atoms with Gasteiger partial charge in [-0.15, -0.1) is 0 Å². The molecule has 0 aliphatic carbocycles. The van der Waals surface area contributed by atoms with E-state index in [1.807, 2.05) is 37.3 Å². The summed E-state index contributed by atoms with van der Waals surface area (Å²) < 4.78 is 2.52. The summed E-state index contributed by atoms with van der Waals surface area (Å²) in [5, 5.41) is 4.13. The second-order valence-electron chi connectivity index (χ2n) is 6.74. The van der Waals surface area contributed by atoms with E-state index in [1.54, 1.807) is 10.6 Å². The molecule has 3 rings (SSSR count).